The number of Topliss-reactive ketones (excluding diaryl/α,β-unsaturated/α-hetero) is 1. The summed E-state index contributed by atoms with van der Waals surface area (Å²) >= 11 is 1.70. The fraction of sp³-hybridized carbons (Fsp3) is 0.400. The van der Waals surface area contributed by atoms with Gasteiger partial charge in [-0.2, -0.15) is 0 Å². The molecule has 0 saturated heterocycles. The smallest absolute Gasteiger partial charge is 0.150 e. The van der Waals surface area contributed by atoms with E-state index in [0.717, 1.165) is 0 Å². The Kier molecular flexibility index (Phi) is 3.43. The maximum Gasteiger partial charge on any atom is 0.150 e. The highest BCUT2D eigenvalue weighted by molar-refractivity contribution is 8.01. The molecule has 0 N–H and O–H groups in total. The molecule has 0 aliphatic heterocycles. The van der Waals surface area contributed by atoms with Crippen LogP contribution in [-0.2, 0) is 4.79 Å². The van der Waals surface area contributed by atoms with Gasteiger partial charge in [0.2, 0.25) is 0 Å². The van der Waals surface area contributed by atoms with Crippen molar-refractivity contribution in [2.45, 2.75) is 36.8 Å². The summed E-state index contributed by atoms with van der Waals surface area (Å²) in [4.78, 5) is 13.1. The van der Waals surface area contributed by atoms with Crippen molar-refractivity contribution in [1.82, 2.24) is 0 Å². The van der Waals surface area contributed by atoms with Crippen molar-refractivity contribution in [2.75, 3.05) is 0 Å². The first-order valence-corrected chi connectivity index (χ1v) is 6.76. The van der Waals surface area contributed by atoms with Crippen molar-refractivity contribution in [2.24, 2.45) is 5.92 Å². The third-order valence-corrected chi connectivity index (χ3v) is 4.74. The second-order valence-electron chi connectivity index (χ2n) is 5.00. The van der Waals surface area contributed by atoms with Gasteiger partial charge in [-0.3, -0.25) is 4.79 Å². The molecule has 0 radical (unpaired) electrons. The average Bonchev–Trinajstić information content (AvgIpc) is 2.29. The number of ketones is 1. The molecular formula is C15H18OS. The molecule has 1 saturated carbocycles. The molecule has 1 aromatic carbocycles. The molecule has 0 amide bonds. The van der Waals surface area contributed by atoms with Crippen molar-refractivity contribution in [1.29, 1.82) is 0 Å². The number of allylic oxidation sites excluding steroid dienone is 2. The molecule has 0 bridgehead atoms. The molecule has 0 spiro atoms. The summed E-state index contributed by atoms with van der Waals surface area (Å²) < 4.78 is -0.265. The molecule has 0 aromatic heterocycles. The van der Waals surface area contributed by atoms with E-state index in [1.165, 1.54) is 10.5 Å². The normalized spacial score (nSPS) is 27.5. The maximum absolute atomic E-state index is 11.9. The van der Waals surface area contributed by atoms with E-state index in [9.17, 15) is 4.79 Å². The lowest BCUT2D eigenvalue weighted by molar-refractivity contribution is -0.128. The number of thioether (sulfide) groups is 1. The lowest BCUT2D eigenvalue weighted by Gasteiger charge is -2.43. The lowest BCUT2D eigenvalue weighted by Crippen LogP contribution is -2.50. The number of carbonyl (C=O) groups is 1. The van der Waals surface area contributed by atoms with Gasteiger partial charge in [0, 0.05) is 17.2 Å². The van der Waals surface area contributed by atoms with Crippen LogP contribution in [0.25, 0.3) is 0 Å². The van der Waals surface area contributed by atoms with Crippen molar-refractivity contribution in [3.8, 4) is 0 Å². The van der Waals surface area contributed by atoms with E-state index in [1.54, 1.807) is 11.8 Å². The zero-order valence-corrected chi connectivity index (χ0v) is 11.4. The Morgan fingerprint density at radius 3 is 2.53 bits per heavy atom. The first-order chi connectivity index (χ1) is 8.02. The number of hydrogen-bond acceptors (Lipinski definition) is 2. The third-order valence-electron chi connectivity index (χ3n) is 3.27. The molecule has 17 heavy (non-hydrogen) atoms. The summed E-state index contributed by atoms with van der Waals surface area (Å²) in [7, 11) is 0. The highest BCUT2D eigenvalue weighted by atomic mass is 32.2. The van der Waals surface area contributed by atoms with Crippen LogP contribution in [0.2, 0.25) is 0 Å². The number of carbonyl (C=O) groups excluding carboxylic acids is 1. The Morgan fingerprint density at radius 2 is 2.00 bits per heavy atom. The lowest BCUT2D eigenvalue weighted by atomic mass is 9.72. The Morgan fingerprint density at radius 1 is 1.35 bits per heavy atom. The Bertz CT molecular complexity index is 445. The molecule has 2 rings (SSSR count). The minimum Gasteiger partial charge on any atom is -0.298 e. The summed E-state index contributed by atoms with van der Waals surface area (Å²) in [5, 5.41) is 0. The van der Waals surface area contributed by atoms with E-state index < -0.39 is 0 Å². The van der Waals surface area contributed by atoms with Crippen molar-refractivity contribution >= 4 is 17.5 Å². The highest BCUT2D eigenvalue weighted by Gasteiger charge is 2.50. The number of rotatable bonds is 3. The van der Waals surface area contributed by atoms with Crippen LogP contribution >= 0.6 is 11.8 Å². The summed E-state index contributed by atoms with van der Waals surface area (Å²) in [6.07, 6.45) is 2.93. The fourth-order valence-corrected chi connectivity index (χ4v) is 3.44. The zero-order valence-electron chi connectivity index (χ0n) is 10.6. The van der Waals surface area contributed by atoms with E-state index in [2.05, 4.69) is 39.0 Å². The monoisotopic (exact) mass is 246 g/mol. The first-order valence-electron chi connectivity index (χ1n) is 5.95. The molecule has 2 atom stereocenters. The van der Waals surface area contributed by atoms with E-state index in [4.69, 9.17) is 0 Å². The fourth-order valence-electron chi connectivity index (χ4n) is 2.16. The molecule has 90 valence electrons. The Balaban J connectivity index is 2.17. The van der Waals surface area contributed by atoms with Crippen LogP contribution in [-0.4, -0.2) is 10.5 Å². The molecule has 1 nitrogen and oxygen atoms in total. The second-order valence-corrected chi connectivity index (χ2v) is 6.52. The van der Waals surface area contributed by atoms with Crippen molar-refractivity contribution < 1.29 is 4.79 Å². The molecule has 1 aromatic rings. The topological polar surface area (TPSA) is 17.1 Å². The average molecular weight is 246 g/mol. The Labute approximate surface area is 107 Å². The minimum atomic E-state index is -0.265. The van der Waals surface area contributed by atoms with Gasteiger partial charge in [-0.05, 0) is 32.9 Å². The second kappa shape index (κ2) is 4.69. The summed E-state index contributed by atoms with van der Waals surface area (Å²) in [5.41, 5.74) is 1.29. The van der Waals surface area contributed by atoms with Gasteiger partial charge in [-0.25, -0.2) is 0 Å². The molecule has 1 fully saturated rings. The summed E-state index contributed by atoms with van der Waals surface area (Å²) in [6, 6.07) is 10.2. The van der Waals surface area contributed by atoms with Gasteiger partial charge in [0.15, 0.2) is 0 Å². The van der Waals surface area contributed by atoms with Crippen LogP contribution in [0.4, 0.5) is 0 Å². The summed E-state index contributed by atoms with van der Waals surface area (Å²) in [5.74, 6) is 0.749. The van der Waals surface area contributed by atoms with Gasteiger partial charge in [0.05, 0.1) is 4.75 Å². The van der Waals surface area contributed by atoms with Gasteiger partial charge >= 0.3 is 0 Å². The van der Waals surface area contributed by atoms with Gasteiger partial charge in [0.1, 0.15) is 5.78 Å². The number of hydrogen-bond donors (Lipinski definition) is 0. The van der Waals surface area contributed by atoms with Crippen LogP contribution in [0.15, 0.2) is 46.9 Å². The van der Waals surface area contributed by atoms with Gasteiger partial charge in [0.25, 0.3) is 0 Å². The summed E-state index contributed by atoms with van der Waals surface area (Å²) in [6.45, 7) is 6.26. The number of benzene rings is 1. The van der Waals surface area contributed by atoms with Crippen LogP contribution < -0.4 is 0 Å². The minimum absolute atomic E-state index is 0.265. The Hall–Kier alpha value is -1.02. The van der Waals surface area contributed by atoms with Gasteiger partial charge < -0.3 is 0 Å². The SMILES string of the molecule is CC(C)=C[C@@H]1CC(=O)[C@@]1(C)Sc1ccccc1. The molecule has 1 aliphatic rings. The van der Waals surface area contributed by atoms with Crippen LogP contribution in [0.5, 0.6) is 0 Å². The third kappa shape index (κ3) is 2.47. The van der Waals surface area contributed by atoms with Crippen molar-refractivity contribution in [3.63, 3.8) is 0 Å². The van der Waals surface area contributed by atoms with E-state index in [1.807, 2.05) is 18.2 Å². The highest BCUT2D eigenvalue weighted by Crippen LogP contribution is 2.49. The van der Waals surface area contributed by atoms with E-state index >= 15 is 0 Å². The van der Waals surface area contributed by atoms with Gasteiger partial charge in [-0.15, -0.1) is 11.8 Å². The predicted molar refractivity (Wildman–Crippen MR) is 73.2 cm³/mol. The van der Waals surface area contributed by atoms with E-state index in [-0.39, 0.29) is 4.75 Å². The molecule has 2 heteroatoms. The zero-order chi connectivity index (χ0) is 12.5. The largest absolute Gasteiger partial charge is 0.298 e. The standard InChI is InChI=1S/C15H18OS/c1-11(2)9-12-10-14(16)15(12,3)17-13-7-5-4-6-8-13/h4-9,12H,10H2,1-3H3/t12-,15+/m1/s1. The maximum atomic E-state index is 11.9. The molecule has 0 unspecified atom stereocenters. The van der Waals surface area contributed by atoms with E-state index in [0.29, 0.717) is 18.1 Å². The van der Waals surface area contributed by atoms with Crippen molar-refractivity contribution in [3.05, 3.63) is 42.0 Å². The molecular weight excluding hydrogens is 228 g/mol. The van der Waals surface area contributed by atoms with Crippen LogP contribution in [0, 0.1) is 5.92 Å². The molecule has 0 heterocycles. The quantitative estimate of drug-likeness (QED) is 0.747. The van der Waals surface area contributed by atoms with Crippen LogP contribution in [0.3, 0.4) is 0 Å². The first kappa shape index (κ1) is 12.4. The van der Waals surface area contributed by atoms with Crippen LogP contribution in [0.1, 0.15) is 27.2 Å². The molecule has 1 aliphatic carbocycles. The van der Waals surface area contributed by atoms with Gasteiger partial charge in [-0.1, -0.05) is 29.8 Å². The predicted octanol–water partition coefficient (Wildman–Crippen LogP) is 4.09.